The molecular formula is C21H23N3S2. The monoisotopic (exact) mass is 381 g/mol. The summed E-state index contributed by atoms with van der Waals surface area (Å²) in [6, 6.07) is 17.2. The predicted molar refractivity (Wildman–Crippen MR) is 114 cm³/mol. The highest BCUT2D eigenvalue weighted by Gasteiger charge is 2.07. The molecule has 134 valence electrons. The van der Waals surface area contributed by atoms with Crippen LogP contribution < -0.4 is 4.80 Å². The van der Waals surface area contributed by atoms with Crippen molar-refractivity contribution in [3.63, 3.8) is 0 Å². The van der Waals surface area contributed by atoms with Crippen LogP contribution in [-0.4, -0.2) is 23.2 Å². The minimum absolute atomic E-state index is 0.224. The van der Waals surface area contributed by atoms with E-state index in [0.717, 1.165) is 21.6 Å². The Labute approximate surface area is 163 Å². The average Bonchev–Trinajstić information content (AvgIpc) is 3.03. The van der Waals surface area contributed by atoms with E-state index >= 15 is 0 Å². The molecule has 0 aliphatic heterocycles. The van der Waals surface area contributed by atoms with Crippen molar-refractivity contribution in [2.45, 2.75) is 31.7 Å². The van der Waals surface area contributed by atoms with Crippen LogP contribution in [0.25, 0.3) is 11.3 Å². The molecule has 0 radical (unpaired) electrons. The third-order valence-electron chi connectivity index (χ3n) is 3.84. The highest BCUT2D eigenvalue weighted by atomic mass is 32.2. The van der Waals surface area contributed by atoms with Crippen molar-refractivity contribution >= 4 is 29.3 Å². The molecule has 26 heavy (non-hydrogen) atoms. The molecule has 0 aliphatic carbocycles. The molecule has 0 aliphatic rings. The second-order valence-electron chi connectivity index (χ2n) is 6.32. The highest BCUT2D eigenvalue weighted by Crippen LogP contribution is 2.21. The number of thiazole rings is 1. The minimum atomic E-state index is 0.224. The van der Waals surface area contributed by atoms with Gasteiger partial charge >= 0.3 is 0 Å². The Kier molecular flexibility index (Phi) is 6.12. The van der Waals surface area contributed by atoms with Gasteiger partial charge in [-0.2, -0.15) is 5.10 Å². The molecule has 3 nitrogen and oxygen atoms in total. The Morgan fingerprint density at radius 1 is 1.04 bits per heavy atom. The fourth-order valence-corrected chi connectivity index (χ4v) is 3.84. The molecule has 0 saturated carbocycles. The van der Waals surface area contributed by atoms with E-state index in [1.54, 1.807) is 23.1 Å². The van der Waals surface area contributed by atoms with Crippen molar-refractivity contribution in [1.29, 1.82) is 0 Å². The third-order valence-corrected chi connectivity index (χ3v) is 5.41. The quantitative estimate of drug-likeness (QED) is 0.427. The first-order valence-electron chi connectivity index (χ1n) is 8.56. The van der Waals surface area contributed by atoms with E-state index in [4.69, 9.17) is 10.1 Å². The van der Waals surface area contributed by atoms with Crippen molar-refractivity contribution in [2.75, 3.05) is 6.26 Å². The molecule has 2 aromatic carbocycles. The van der Waals surface area contributed by atoms with Crippen molar-refractivity contribution < 1.29 is 0 Å². The highest BCUT2D eigenvalue weighted by molar-refractivity contribution is 7.98. The minimum Gasteiger partial charge on any atom is -0.255 e. The van der Waals surface area contributed by atoms with Crippen LogP contribution in [0.1, 0.15) is 25.0 Å². The van der Waals surface area contributed by atoms with E-state index in [1.807, 2.05) is 10.9 Å². The van der Waals surface area contributed by atoms with Crippen LogP contribution in [0.3, 0.4) is 0 Å². The van der Waals surface area contributed by atoms with Gasteiger partial charge in [0.1, 0.15) is 0 Å². The fourth-order valence-electron chi connectivity index (χ4n) is 2.46. The topological polar surface area (TPSA) is 29.6 Å². The van der Waals surface area contributed by atoms with Crippen LogP contribution >= 0.6 is 23.1 Å². The maximum absolute atomic E-state index is 4.75. The second-order valence-corrected chi connectivity index (χ2v) is 8.04. The Morgan fingerprint density at radius 3 is 2.35 bits per heavy atom. The van der Waals surface area contributed by atoms with E-state index in [-0.39, 0.29) is 6.04 Å². The first kappa shape index (κ1) is 18.7. The molecule has 0 unspecified atom stereocenters. The third kappa shape index (κ3) is 4.54. The van der Waals surface area contributed by atoms with Gasteiger partial charge in [0.2, 0.25) is 4.80 Å². The fraction of sp³-hybridized carbons (Fsp3) is 0.238. The second kappa shape index (κ2) is 8.52. The smallest absolute Gasteiger partial charge is 0.206 e. The zero-order valence-electron chi connectivity index (χ0n) is 15.5. The first-order valence-corrected chi connectivity index (χ1v) is 10.7. The van der Waals surface area contributed by atoms with Crippen LogP contribution in [0.5, 0.6) is 0 Å². The van der Waals surface area contributed by atoms with Crippen LogP contribution in [0.2, 0.25) is 0 Å². The van der Waals surface area contributed by atoms with Gasteiger partial charge < -0.3 is 0 Å². The van der Waals surface area contributed by atoms with Crippen molar-refractivity contribution in [3.8, 4) is 11.3 Å². The maximum Gasteiger partial charge on any atom is 0.206 e. The van der Waals surface area contributed by atoms with Crippen LogP contribution in [-0.2, 0) is 0 Å². The maximum atomic E-state index is 4.75. The summed E-state index contributed by atoms with van der Waals surface area (Å²) < 4.78 is 1.94. The summed E-state index contributed by atoms with van der Waals surface area (Å²) in [5, 5.41) is 6.87. The lowest BCUT2D eigenvalue weighted by Crippen LogP contribution is -2.14. The molecule has 5 heteroatoms. The Bertz CT molecular complexity index is 946. The summed E-state index contributed by atoms with van der Waals surface area (Å²) >= 11 is 3.36. The summed E-state index contributed by atoms with van der Waals surface area (Å²) in [6.07, 6.45) is 3.98. The zero-order chi connectivity index (χ0) is 18.5. The number of aryl methyl sites for hydroxylation is 1. The summed E-state index contributed by atoms with van der Waals surface area (Å²) in [4.78, 5) is 6.89. The van der Waals surface area contributed by atoms with Gasteiger partial charge in [0, 0.05) is 21.9 Å². The predicted octanol–water partition coefficient (Wildman–Crippen LogP) is 5.44. The van der Waals surface area contributed by atoms with E-state index in [0.29, 0.717) is 0 Å². The lowest BCUT2D eigenvalue weighted by Gasteiger charge is -2.05. The van der Waals surface area contributed by atoms with Gasteiger partial charge in [-0.05, 0) is 44.7 Å². The normalized spacial score (nSPS) is 12.4. The lowest BCUT2D eigenvalue weighted by atomic mass is 10.1. The molecule has 0 atom stereocenters. The summed E-state index contributed by atoms with van der Waals surface area (Å²) in [5.74, 6) is 0. The standard InChI is InChI=1S/C21H23N3S2/c1-15(2)23-21-24(22-13-17-7-11-19(25-4)12-8-17)20(14-26-21)18-9-5-16(3)6-10-18/h5-15H,1-4H3. The van der Waals surface area contributed by atoms with Gasteiger partial charge in [-0.15, -0.1) is 23.1 Å². The molecule has 0 spiro atoms. The molecule has 0 N–H and O–H groups in total. The van der Waals surface area contributed by atoms with Crippen molar-refractivity contribution in [3.05, 3.63) is 69.8 Å². The summed E-state index contributed by atoms with van der Waals surface area (Å²) in [5.41, 5.74) is 4.53. The Balaban J connectivity index is 2.03. The van der Waals surface area contributed by atoms with Gasteiger partial charge in [-0.3, -0.25) is 4.99 Å². The molecule has 0 saturated heterocycles. The van der Waals surface area contributed by atoms with Gasteiger partial charge in [0.15, 0.2) is 0 Å². The molecule has 1 heterocycles. The van der Waals surface area contributed by atoms with E-state index < -0.39 is 0 Å². The Morgan fingerprint density at radius 2 is 1.73 bits per heavy atom. The zero-order valence-corrected chi connectivity index (χ0v) is 17.1. The molecule has 0 amide bonds. The van der Waals surface area contributed by atoms with E-state index in [9.17, 15) is 0 Å². The molecule has 1 aromatic heterocycles. The number of aromatic nitrogens is 1. The van der Waals surface area contributed by atoms with Gasteiger partial charge in [0.25, 0.3) is 0 Å². The SMILES string of the molecule is CSc1ccc(C=Nn2c(-c3ccc(C)cc3)csc2=NC(C)C)cc1. The van der Waals surface area contributed by atoms with Crippen molar-refractivity contribution in [2.24, 2.45) is 10.1 Å². The lowest BCUT2D eigenvalue weighted by molar-refractivity contribution is 0.754. The number of rotatable bonds is 5. The average molecular weight is 382 g/mol. The molecule has 0 fully saturated rings. The number of nitrogens with zero attached hydrogens (tertiary/aromatic N) is 3. The van der Waals surface area contributed by atoms with Crippen LogP contribution in [0, 0.1) is 6.92 Å². The summed E-state index contributed by atoms with van der Waals surface area (Å²) in [6.45, 7) is 6.27. The largest absolute Gasteiger partial charge is 0.255 e. The molecular weight excluding hydrogens is 358 g/mol. The van der Waals surface area contributed by atoms with Crippen molar-refractivity contribution in [1.82, 2.24) is 4.68 Å². The first-order chi connectivity index (χ1) is 12.6. The van der Waals surface area contributed by atoms with Crippen LogP contribution in [0.4, 0.5) is 0 Å². The van der Waals surface area contributed by atoms with Crippen LogP contribution in [0.15, 0.2) is 68.9 Å². The number of thioether (sulfide) groups is 1. The number of benzene rings is 2. The molecule has 3 rings (SSSR count). The summed E-state index contributed by atoms with van der Waals surface area (Å²) in [7, 11) is 0. The van der Waals surface area contributed by atoms with Gasteiger partial charge in [-0.1, -0.05) is 42.0 Å². The number of hydrogen-bond acceptors (Lipinski definition) is 4. The Hall–Kier alpha value is -2.11. The van der Waals surface area contributed by atoms with E-state index in [2.05, 4.69) is 80.9 Å². The van der Waals surface area contributed by atoms with Gasteiger partial charge in [-0.25, -0.2) is 4.68 Å². The van der Waals surface area contributed by atoms with Gasteiger partial charge in [0.05, 0.1) is 11.9 Å². The molecule has 0 bridgehead atoms. The molecule has 3 aromatic rings. The number of hydrogen-bond donors (Lipinski definition) is 0. The van der Waals surface area contributed by atoms with E-state index in [1.165, 1.54) is 10.5 Å².